The van der Waals surface area contributed by atoms with Crippen molar-refractivity contribution in [2.45, 2.75) is 0 Å². The second-order valence-corrected chi connectivity index (χ2v) is 6.36. The molecule has 1 heterocycles. The van der Waals surface area contributed by atoms with E-state index in [0.717, 1.165) is 21.8 Å². The zero-order valence-corrected chi connectivity index (χ0v) is 13.5. The zero-order valence-electron chi connectivity index (χ0n) is 12.7. The first kappa shape index (κ1) is 14.0. The smallest absolute Gasteiger partial charge is 0.119 e. The molecule has 0 aliphatic carbocycles. The fraction of sp³-hybridized carbons (Fsp3) is 0.0500. The van der Waals surface area contributed by atoms with Crippen molar-refractivity contribution < 1.29 is 4.74 Å². The Kier molecular flexibility index (Phi) is 3.56. The van der Waals surface area contributed by atoms with E-state index in [1.54, 1.807) is 18.4 Å². The van der Waals surface area contributed by atoms with E-state index < -0.39 is 0 Å². The fourth-order valence-electron chi connectivity index (χ4n) is 2.66. The third-order valence-electron chi connectivity index (χ3n) is 3.81. The number of hydrogen-bond acceptors (Lipinski definition) is 3. The summed E-state index contributed by atoms with van der Waals surface area (Å²) in [4.78, 5) is 4.80. The molecule has 0 fully saturated rings. The monoisotopic (exact) mass is 317 g/mol. The lowest BCUT2D eigenvalue weighted by Gasteiger charge is -1.99. The zero-order chi connectivity index (χ0) is 15.6. The van der Waals surface area contributed by atoms with Crippen molar-refractivity contribution in [3.05, 3.63) is 71.2 Å². The molecule has 0 atom stereocenters. The number of fused-ring (bicyclic) bond motifs is 3. The maximum absolute atomic E-state index is 5.26. The molecule has 4 aromatic rings. The maximum atomic E-state index is 5.26. The van der Waals surface area contributed by atoms with Crippen LogP contribution in [0.15, 0.2) is 60.7 Å². The van der Waals surface area contributed by atoms with E-state index in [9.17, 15) is 0 Å². The molecular formula is C20H15NOS. The van der Waals surface area contributed by atoms with Gasteiger partial charge in [0.05, 0.1) is 17.3 Å². The van der Waals surface area contributed by atoms with Crippen molar-refractivity contribution in [2.75, 3.05) is 7.11 Å². The Balaban J connectivity index is 1.74. The van der Waals surface area contributed by atoms with Gasteiger partial charge in [-0.3, -0.25) is 0 Å². The molecule has 0 unspecified atom stereocenters. The summed E-state index contributed by atoms with van der Waals surface area (Å²) >= 11 is 1.71. The fourth-order valence-corrected chi connectivity index (χ4v) is 3.55. The highest BCUT2D eigenvalue weighted by molar-refractivity contribution is 7.19. The van der Waals surface area contributed by atoms with Crippen LogP contribution in [0.25, 0.3) is 33.1 Å². The molecule has 3 heteroatoms. The van der Waals surface area contributed by atoms with Crippen LogP contribution in [-0.2, 0) is 0 Å². The Hall–Kier alpha value is -2.65. The van der Waals surface area contributed by atoms with Gasteiger partial charge in [-0.25, -0.2) is 4.98 Å². The van der Waals surface area contributed by atoms with Gasteiger partial charge in [0.1, 0.15) is 10.8 Å². The third kappa shape index (κ3) is 2.71. The van der Waals surface area contributed by atoms with Crippen LogP contribution in [0.5, 0.6) is 5.75 Å². The first-order valence-corrected chi connectivity index (χ1v) is 8.25. The van der Waals surface area contributed by atoms with Crippen LogP contribution < -0.4 is 4.74 Å². The van der Waals surface area contributed by atoms with Gasteiger partial charge in [0.25, 0.3) is 0 Å². The summed E-state index contributed by atoms with van der Waals surface area (Å²) in [7, 11) is 1.68. The van der Waals surface area contributed by atoms with Gasteiger partial charge in [0.15, 0.2) is 0 Å². The number of hydrogen-bond donors (Lipinski definition) is 0. The number of aromatic nitrogens is 1. The molecule has 4 rings (SSSR count). The predicted molar refractivity (Wildman–Crippen MR) is 99.0 cm³/mol. The van der Waals surface area contributed by atoms with E-state index in [-0.39, 0.29) is 0 Å². The van der Waals surface area contributed by atoms with Crippen LogP contribution in [0.2, 0.25) is 0 Å². The molecule has 0 aliphatic rings. The minimum Gasteiger partial charge on any atom is -0.497 e. The van der Waals surface area contributed by atoms with E-state index in [1.165, 1.54) is 15.5 Å². The van der Waals surface area contributed by atoms with Gasteiger partial charge < -0.3 is 4.74 Å². The highest BCUT2D eigenvalue weighted by atomic mass is 32.1. The summed E-state index contributed by atoms with van der Waals surface area (Å²) in [6, 6.07) is 20.7. The van der Waals surface area contributed by atoms with Crippen molar-refractivity contribution in [2.24, 2.45) is 0 Å². The van der Waals surface area contributed by atoms with E-state index >= 15 is 0 Å². The Bertz CT molecular complexity index is 1020. The molecule has 0 radical (unpaired) electrons. The number of rotatable bonds is 3. The molecule has 0 bridgehead atoms. The maximum Gasteiger partial charge on any atom is 0.119 e. The molecule has 3 aromatic carbocycles. The highest BCUT2D eigenvalue weighted by Crippen LogP contribution is 2.30. The quantitative estimate of drug-likeness (QED) is 0.488. The normalized spacial score (nSPS) is 11.5. The number of nitrogens with zero attached hydrogens (tertiary/aromatic N) is 1. The molecule has 0 N–H and O–H groups in total. The Labute approximate surface area is 138 Å². The molecule has 1 aromatic heterocycles. The van der Waals surface area contributed by atoms with E-state index in [1.807, 2.05) is 18.2 Å². The summed E-state index contributed by atoms with van der Waals surface area (Å²) in [6.07, 6.45) is 4.14. The number of methoxy groups -OCH3 is 1. The summed E-state index contributed by atoms with van der Waals surface area (Å²) < 4.78 is 6.47. The van der Waals surface area contributed by atoms with Crippen LogP contribution in [0, 0.1) is 0 Å². The minimum atomic E-state index is 0.863. The van der Waals surface area contributed by atoms with Gasteiger partial charge in [-0.15, -0.1) is 11.3 Å². The van der Waals surface area contributed by atoms with Gasteiger partial charge in [-0.05, 0) is 35.2 Å². The molecule has 2 nitrogen and oxygen atoms in total. The lowest BCUT2D eigenvalue weighted by Crippen LogP contribution is -1.82. The van der Waals surface area contributed by atoms with Gasteiger partial charge in [-0.1, -0.05) is 48.5 Å². The predicted octanol–water partition coefficient (Wildman–Crippen LogP) is 5.63. The average molecular weight is 317 g/mol. The van der Waals surface area contributed by atoms with Crippen molar-refractivity contribution in [1.29, 1.82) is 0 Å². The highest BCUT2D eigenvalue weighted by Gasteiger charge is 2.05. The topological polar surface area (TPSA) is 22.1 Å². The van der Waals surface area contributed by atoms with E-state index in [0.29, 0.717) is 0 Å². The lowest BCUT2D eigenvalue weighted by atomic mass is 10.1. The van der Waals surface area contributed by atoms with Crippen LogP contribution in [-0.4, -0.2) is 12.1 Å². The molecule has 23 heavy (non-hydrogen) atoms. The Morgan fingerprint density at radius 2 is 1.87 bits per heavy atom. The Morgan fingerprint density at radius 3 is 2.78 bits per heavy atom. The van der Waals surface area contributed by atoms with Gasteiger partial charge in [0, 0.05) is 5.39 Å². The standard InChI is InChI=1S/C20H15NOS/c1-22-16-7-4-5-14(13-16)9-12-19-21-20-17-8-3-2-6-15(17)10-11-18(20)23-19/h2-13H,1H3/b12-9+. The van der Waals surface area contributed by atoms with Gasteiger partial charge >= 0.3 is 0 Å². The van der Waals surface area contributed by atoms with Gasteiger partial charge in [0.2, 0.25) is 0 Å². The van der Waals surface area contributed by atoms with Crippen LogP contribution in [0.1, 0.15) is 10.6 Å². The molecule has 0 spiro atoms. The van der Waals surface area contributed by atoms with Crippen LogP contribution in [0.3, 0.4) is 0 Å². The number of ether oxygens (including phenoxy) is 1. The summed E-state index contributed by atoms with van der Waals surface area (Å²) in [6.45, 7) is 0. The van der Waals surface area contributed by atoms with Crippen LogP contribution in [0.4, 0.5) is 0 Å². The minimum absolute atomic E-state index is 0.863. The summed E-state index contributed by atoms with van der Waals surface area (Å²) in [5, 5.41) is 3.45. The van der Waals surface area contributed by atoms with Crippen LogP contribution >= 0.6 is 11.3 Å². The number of thiazole rings is 1. The first-order valence-electron chi connectivity index (χ1n) is 7.44. The number of benzene rings is 3. The average Bonchev–Trinajstić information content (AvgIpc) is 3.04. The second kappa shape index (κ2) is 5.86. The summed E-state index contributed by atoms with van der Waals surface area (Å²) in [5.74, 6) is 0.863. The Morgan fingerprint density at radius 1 is 0.957 bits per heavy atom. The van der Waals surface area contributed by atoms with Crippen molar-refractivity contribution >= 4 is 44.5 Å². The molecule has 112 valence electrons. The molecule has 0 amide bonds. The van der Waals surface area contributed by atoms with Crippen molar-refractivity contribution in [3.8, 4) is 5.75 Å². The molecule has 0 aliphatic heterocycles. The van der Waals surface area contributed by atoms with Crippen molar-refractivity contribution in [3.63, 3.8) is 0 Å². The summed E-state index contributed by atoms with van der Waals surface area (Å²) in [5.41, 5.74) is 2.19. The lowest BCUT2D eigenvalue weighted by molar-refractivity contribution is 0.414. The molecular weight excluding hydrogens is 302 g/mol. The first-order chi connectivity index (χ1) is 11.3. The third-order valence-corrected chi connectivity index (χ3v) is 4.80. The molecule has 0 saturated carbocycles. The second-order valence-electron chi connectivity index (χ2n) is 5.30. The van der Waals surface area contributed by atoms with Crippen molar-refractivity contribution in [1.82, 2.24) is 4.98 Å². The largest absolute Gasteiger partial charge is 0.497 e. The van der Waals surface area contributed by atoms with E-state index in [2.05, 4.69) is 54.6 Å². The van der Waals surface area contributed by atoms with E-state index in [4.69, 9.17) is 9.72 Å². The van der Waals surface area contributed by atoms with Gasteiger partial charge in [-0.2, -0.15) is 0 Å². The molecule has 0 saturated heterocycles. The SMILES string of the molecule is COc1cccc(/C=C/c2nc3c(ccc4ccccc43)s2)c1.